The highest BCUT2D eigenvalue weighted by Gasteiger charge is 2.20. The number of carboxylic acid groups (broad SMARTS) is 1. The number of ether oxygens (including phenoxy) is 1. The molecule has 2 aromatic carbocycles. The molecule has 0 radical (unpaired) electrons. The lowest BCUT2D eigenvalue weighted by atomic mass is 10.2. The molecule has 2 aromatic heterocycles. The monoisotopic (exact) mass is 526 g/mol. The predicted octanol–water partition coefficient (Wildman–Crippen LogP) is 5.93. The van der Waals surface area contributed by atoms with Crippen LogP contribution in [0.5, 0.6) is 5.75 Å². The van der Waals surface area contributed by atoms with Crippen LogP contribution >= 0.6 is 23.4 Å². The van der Waals surface area contributed by atoms with E-state index < -0.39 is 10.9 Å². The number of aromatic nitrogens is 3. The molecule has 0 spiro atoms. The number of methoxy groups -OCH3 is 1. The van der Waals surface area contributed by atoms with Gasteiger partial charge in [-0.3, -0.25) is 10.1 Å². The van der Waals surface area contributed by atoms with Crippen molar-refractivity contribution in [2.24, 2.45) is 0 Å². The van der Waals surface area contributed by atoms with Gasteiger partial charge in [-0.25, -0.2) is 4.79 Å². The molecule has 10 nitrogen and oxygen atoms in total. The van der Waals surface area contributed by atoms with E-state index in [0.717, 1.165) is 28.8 Å². The van der Waals surface area contributed by atoms with Gasteiger partial charge in [-0.2, -0.15) is 0 Å². The van der Waals surface area contributed by atoms with Crippen molar-refractivity contribution >= 4 is 41.1 Å². The van der Waals surface area contributed by atoms with Crippen molar-refractivity contribution in [1.82, 2.24) is 14.8 Å². The second-order valence-corrected chi connectivity index (χ2v) is 9.00. The van der Waals surface area contributed by atoms with Crippen molar-refractivity contribution in [2.45, 2.75) is 19.1 Å². The largest absolute Gasteiger partial charge is 0.496 e. The van der Waals surface area contributed by atoms with Crippen LogP contribution in [0.1, 0.15) is 17.0 Å². The lowest BCUT2D eigenvalue weighted by molar-refractivity contribution is -0.384. The van der Waals surface area contributed by atoms with Gasteiger partial charge in [-0.05, 0) is 73.6 Å². The summed E-state index contributed by atoms with van der Waals surface area (Å²) in [4.78, 5) is 22.5. The normalized spacial score (nSPS) is 11.5. The third kappa shape index (κ3) is 5.11. The van der Waals surface area contributed by atoms with E-state index in [1.807, 2.05) is 24.5 Å². The van der Waals surface area contributed by atoms with E-state index in [0.29, 0.717) is 21.9 Å². The number of rotatable bonds is 8. The van der Waals surface area contributed by atoms with E-state index in [1.54, 1.807) is 30.3 Å². The summed E-state index contributed by atoms with van der Waals surface area (Å²) in [5, 5.41) is 29.2. The lowest BCUT2D eigenvalue weighted by Crippen LogP contribution is -2.00. The van der Waals surface area contributed by atoms with Crippen LogP contribution in [0, 0.1) is 24.0 Å². The minimum atomic E-state index is -1.17. The number of nitro groups is 1. The molecule has 0 saturated carbocycles. The maximum absolute atomic E-state index is 12.0. The SMILES string of the molecule is COc1ccc(Cl)cc1-c1nnc(S/C(=C\c2cc(C)n(-c3ccc([N+](=O)[O-])cc3)c2C)C(=O)O)o1. The van der Waals surface area contributed by atoms with Crippen LogP contribution in [0.15, 0.2) is 63.1 Å². The van der Waals surface area contributed by atoms with Gasteiger partial charge in [0, 0.05) is 34.2 Å². The van der Waals surface area contributed by atoms with E-state index in [4.69, 9.17) is 20.8 Å². The summed E-state index contributed by atoms with van der Waals surface area (Å²) < 4.78 is 12.9. The van der Waals surface area contributed by atoms with Crippen LogP contribution in [0.3, 0.4) is 0 Å². The van der Waals surface area contributed by atoms with Crippen LogP contribution in [0.4, 0.5) is 5.69 Å². The molecule has 0 aliphatic rings. The topological polar surface area (TPSA) is 134 Å². The summed E-state index contributed by atoms with van der Waals surface area (Å²) in [5.41, 5.74) is 3.44. The lowest BCUT2D eigenvalue weighted by Gasteiger charge is -2.09. The molecule has 184 valence electrons. The van der Waals surface area contributed by atoms with Gasteiger partial charge in [-0.1, -0.05) is 11.6 Å². The van der Waals surface area contributed by atoms with Crippen LogP contribution in [0.2, 0.25) is 5.02 Å². The number of benzene rings is 2. The molecule has 0 atom stereocenters. The highest BCUT2D eigenvalue weighted by molar-refractivity contribution is 8.03. The Hall–Kier alpha value is -4.09. The van der Waals surface area contributed by atoms with E-state index in [2.05, 4.69) is 10.2 Å². The van der Waals surface area contributed by atoms with Crippen LogP contribution < -0.4 is 4.74 Å². The van der Waals surface area contributed by atoms with E-state index in [1.165, 1.54) is 25.3 Å². The second kappa shape index (κ2) is 10.3. The molecule has 2 heterocycles. The van der Waals surface area contributed by atoms with Crippen LogP contribution in [-0.2, 0) is 4.79 Å². The summed E-state index contributed by atoms with van der Waals surface area (Å²) in [5.74, 6) is -0.551. The quantitative estimate of drug-likeness (QED) is 0.128. The molecule has 0 aliphatic heterocycles. The van der Waals surface area contributed by atoms with Gasteiger partial charge in [-0.15, -0.1) is 10.2 Å². The minimum absolute atomic E-state index is 0.0137. The molecule has 36 heavy (non-hydrogen) atoms. The van der Waals surface area contributed by atoms with Gasteiger partial charge in [0.25, 0.3) is 16.8 Å². The Balaban J connectivity index is 1.65. The first-order chi connectivity index (χ1) is 17.2. The number of nitrogens with zero attached hydrogens (tertiary/aromatic N) is 4. The van der Waals surface area contributed by atoms with E-state index in [9.17, 15) is 20.0 Å². The van der Waals surface area contributed by atoms with Crippen molar-refractivity contribution in [3.8, 4) is 22.9 Å². The van der Waals surface area contributed by atoms with Crippen molar-refractivity contribution in [2.75, 3.05) is 7.11 Å². The molecule has 12 heteroatoms. The summed E-state index contributed by atoms with van der Waals surface area (Å²) in [7, 11) is 1.50. The standard InChI is InChI=1S/C24H19ClN4O6S/c1-13-10-15(14(2)28(13)17-5-7-18(8-6-17)29(32)33)11-21(23(30)31)36-24-27-26-22(35-24)19-12-16(25)4-9-20(19)34-3/h4-12H,1-3H3,(H,30,31)/b21-11-. The van der Waals surface area contributed by atoms with Gasteiger partial charge in [0.05, 0.1) is 17.6 Å². The first kappa shape index (κ1) is 25.0. The Bertz CT molecular complexity index is 1490. The highest BCUT2D eigenvalue weighted by atomic mass is 35.5. The average Bonchev–Trinajstić information content (AvgIpc) is 3.42. The molecule has 0 bridgehead atoms. The Morgan fingerprint density at radius 3 is 2.56 bits per heavy atom. The molecule has 0 amide bonds. The average molecular weight is 527 g/mol. The number of carboxylic acids is 1. The molecule has 4 aromatic rings. The van der Waals surface area contributed by atoms with Gasteiger partial charge < -0.3 is 18.8 Å². The number of halogens is 1. The van der Waals surface area contributed by atoms with Crippen LogP contribution in [-0.4, -0.2) is 37.9 Å². The van der Waals surface area contributed by atoms with E-state index in [-0.39, 0.29) is 21.7 Å². The van der Waals surface area contributed by atoms with Crippen molar-refractivity contribution < 1.29 is 24.0 Å². The molecule has 0 saturated heterocycles. The highest BCUT2D eigenvalue weighted by Crippen LogP contribution is 2.35. The number of thioether (sulfide) groups is 1. The Morgan fingerprint density at radius 1 is 1.19 bits per heavy atom. The fourth-order valence-electron chi connectivity index (χ4n) is 3.63. The van der Waals surface area contributed by atoms with Crippen molar-refractivity contribution in [3.05, 3.63) is 85.5 Å². The zero-order valence-electron chi connectivity index (χ0n) is 19.3. The summed E-state index contributed by atoms with van der Waals surface area (Å²) in [6.07, 6.45) is 1.51. The summed E-state index contributed by atoms with van der Waals surface area (Å²) >= 11 is 6.89. The van der Waals surface area contributed by atoms with Gasteiger partial charge in [0.2, 0.25) is 0 Å². The fraction of sp³-hybridized carbons (Fsp3) is 0.125. The van der Waals surface area contributed by atoms with Gasteiger partial charge in [0.15, 0.2) is 0 Å². The number of nitro benzene ring substituents is 1. The first-order valence-electron chi connectivity index (χ1n) is 10.4. The molecule has 1 N–H and O–H groups in total. The number of hydrogen-bond acceptors (Lipinski definition) is 8. The number of hydrogen-bond donors (Lipinski definition) is 1. The smallest absolute Gasteiger partial charge is 0.342 e. The van der Waals surface area contributed by atoms with E-state index >= 15 is 0 Å². The van der Waals surface area contributed by atoms with Gasteiger partial charge in [0.1, 0.15) is 10.7 Å². The maximum atomic E-state index is 12.0. The summed E-state index contributed by atoms with van der Waals surface area (Å²) in [6.45, 7) is 3.70. The third-order valence-corrected chi connectivity index (χ3v) is 6.37. The van der Waals surface area contributed by atoms with Crippen molar-refractivity contribution in [3.63, 3.8) is 0 Å². The maximum Gasteiger partial charge on any atom is 0.342 e. The Morgan fingerprint density at radius 2 is 1.92 bits per heavy atom. The number of carbonyl (C=O) groups is 1. The molecule has 0 unspecified atom stereocenters. The number of non-ortho nitro benzene ring substituents is 1. The molecule has 0 aliphatic carbocycles. The van der Waals surface area contributed by atoms with Gasteiger partial charge >= 0.3 is 5.97 Å². The number of aliphatic carboxylic acids is 1. The molecule has 0 fully saturated rings. The van der Waals surface area contributed by atoms with Crippen molar-refractivity contribution in [1.29, 1.82) is 0 Å². The molecular formula is C24H19ClN4O6S. The fourth-order valence-corrected chi connectivity index (χ4v) is 4.47. The number of aryl methyl sites for hydroxylation is 1. The third-order valence-electron chi connectivity index (χ3n) is 5.28. The second-order valence-electron chi connectivity index (χ2n) is 7.57. The predicted molar refractivity (Wildman–Crippen MR) is 135 cm³/mol. The molecular weight excluding hydrogens is 508 g/mol. The first-order valence-corrected chi connectivity index (χ1v) is 11.6. The zero-order valence-corrected chi connectivity index (χ0v) is 20.8. The zero-order chi connectivity index (χ0) is 26.0. The Kier molecular flexibility index (Phi) is 7.13. The minimum Gasteiger partial charge on any atom is -0.496 e. The summed E-state index contributed by atoms with van der Waals surface area (Å²) in [6, 6.07) is 12.9. The van der Waals surface area contributed by atoms with Crippen LogP contribution in [0.25, 0.3) is 23.2 Å². The Labute approximate surface area is 214 Å². The molecule has 4 rings (SSSR count).